The average molecular weight is 356 g/mol. The van der Waals surface area contributed by atoms with Gasteiger partial charge < -0.3 is 14.9 Å². The molecule has 1 aliphatic heterocycles. The van der Waals surface area contributed by atoms with Gasteiger partial charge in [-0.15, -0.1) is 0 Å². The lowest BCUT2D eigenvalue weighted by molar-refractivity contribution is -0.129. The van der Waals surface area contributed by atoms with Crippen LogP contribution in [0.3, 0.4) is 0 Å². The molecule has 0 saturated carbocycles. The van der Waals surface area contributed by atoms with E-state index in [2.05, 4.69) is 11.0 Å². The molecule has 1 amide bonds. The molecule has 6 heteroatoms. The average Bonchev–Trinajstić information content (AvgIpc) is 2.66. The number of hydrogen-bond donors (Lipinski definition) is 1. The maximum absolute atomic E-state index is 12.9. The van der Waals surface area contributed by atoms with E-state index in [1.165, 1.54) is 0 Å². The van der Waals surface area contributed by atoms with Crippen molar-refractivity contribution in [2.45, 2.75) is 26.4 Å². The smallest absolute Gasteiger partial charge is 0.266 e. The molecule has 1 saturated heterocycles. The highest BCUT2D eigenvalue weighted by molar-refractivity contribution is 5.97. The summed E-state index contributed by atoms with van der Waals surface area (Å²) in [5.74, 6) is -0.232. The Morgan fingerprint density at radius 3 is 2.46 bits per heavy atom. The molecule has 0 atom stereocenters. The van der Waals surface area contributed by atoms with E-state index < -0.39 is 0 Å². The summed E-state index contributed by atoms with van der Waals surface area (Å²) in [6.07, 6.45) is 1.69. The van der Waals surface area contributed by atoms with Gasteiger partial charge in [0.25, 0.3) is 5.91 Å². The summed E-state index contributed by atoms with van der Waals surface area (Å²) in [5, 5.41) is 18.5. The zero-order valence-corrected chi connectivity index (χ0v) is 15.6. The molecule has 26 heavy (non-hydrogen) atoms. The fourth-order valence-electron chi connectivity index (χ4n) is 3.00. The van der Waals surface area contributed by atoms with Crippen molar-refractivity contribution in [2.75, 3.05) is 39.3 Å². The van der Waals surface area contributed by atoms with E-state index in [0.29, 0.717) is 13.1 Å². The number of aliphatic hydroxyl groups excluding tert-OH is 1. The molecule has 0 radical (unpaired) electrons. The van der Waals surface area contributed by atoms with Gasteiger partial charge in [-0.3, -0.25) is 9.69 Å². The van der Waals surface area contributed by atoms with Crippen LogP contribution in [-0.4, -0.2) is 71.1 Å². The normalized spacial score (nSPS) is 15.8. The number of benzene rings is 1. The summed E-state index contributed by atoms with van der Waals surface area (Å²) in [5.41, 5.74) is 1.22. The van der Waals surface area contributed by atoms with Crippen LogP contribution in [0.1, 0.15) is 19.4 Å². The summed E-state index contributed by atoms with van der Waals surface area (Å²) >= 11 is 0. The van der Waals surface area contributed by atoms with E-state index >= 15 is 0 Å². The first-order chi connectivity index (χ1) is 12.5. The van der Waals surface area contributed by atoms with E-state index in [-0.39, 0.29) is 24.1 Å². The summed E-state index contributed by atoms with van der Waals surface area (Å²) in [4.78, 5) is 18.8. The zero-order chi connectivity index (χ0) is 18.9. The molecule has 1 aromatic rings. The second-order valence-electron chi connectivity index (χ2n) is 6.77. The minimum absolute atomic E-state index is 0.000794. The molecule has 1 N–H and O–H groups in total. The van der Waals surface area contributed by atoms with Crippen molar-refractivity contribution in [1.29, 1.82) is 5.26 Å². The lowest BCUT2D eigenvalue weighted by Crippen LogP contribution is -2.45. The summed E-state index contributed by atoms with van der Waals surface area (Å²) in [7, 11) is 0. The van der Waals surface area contributed by atoms with Gasteiger partial charge in [-0.05, 0) is 19.4 Å². The number of nitriles is 1. The first kappa shape index (κ1) is 20.0. The van der Waals surface area contributed by atoms with Crippen LogP contribution in [0.2, 0.25) is 0 Å². The first-order valence-electron chi connectivity index (χ1n) is 9.09. The van der Waals surface area contributed by atoms with Gasteiger partial charge in [-0.1, -0.05) is 30.3 Å². The van der Waals surface area contributed by atoms with E-state index in [9.17, 15) is 10.1 Å². The predicted octanol–water partition coefficient (Wildman–Crippen LogP) is 1.44. The Morgan fingerprint density at radius 2 is 1.92 bits per heavy atom. The van der Waals surface area contributed by atoms with Gasteiger partial charge in [-0.25, -0.2) is 0 Å². The van der Waals surface area contributed by atoms with E-state index in [1.807, 2.05) is 49.1 Å². The highest BCUT2D eigenvalue weighted by Gasteiger charge is 2.23. The summed E-state index contributed by atoms with van der Waals surface area (Å²) < 4.78 is 0. The van der Waals surface area contributed by atoms with Gasteiger partial charge in [0.05, 0.1) is 6.61 Å². The van der Waals surface area contributed by atoms with Gasteiger partial charge in [-0.2, -0.15) is 5.26 Å². The molecule has 1 aliphatic rings. The molecule has 1 heterocycles. The van der Waals surface area contributed by atoms with Crippen LogP contribution in [0.4, 0.5) is 0 Å². The Balaban J connectivity index is 2.06. The number of hydrogen-bond acceptors (Lipinski definition) is 5. The second-order valence-corrected chi connectivity index (χ2v) is 6.77. The third kappa shape index (κ3) is 5.58. The van der Waals surface area contributed by atoms with Crippen LogP contribution in [0.5, 0.6) is 0 Å². The Morgan fingerprint density at radius 1 is 1.27 bits per heavy atom. The zero-order valence-electron chi connectivity index (χ0n) is 15.6. The Labute approximate surface area is 155 Å². The van der Waals surface area contributed by atoms with Gasteiger partial charge in [0.15, 0.2) is 0 Å². The van der Waals surface area contributed by atoms with Gasteiger partial charge in [0.1, 0.15) is 11.6 Å². The van der Waals surface area contributed by atoms with Crippen LogP contribution in [0.15, 0.2) is 42.1 Å². The second kappa shape index (κ2) is 9.95. The molecule has 0 spiro atoms. The molecule has 0 bridgehead atoms. The molecular formula is C20H28N4O2. The molecule has 0 aliphatic carbocycles. The molecule has 0 aromatic heterocycles. The van der Waals surface area contributed by atoms with Crippen LogP contribution < -0.4 is 0 Å². The number of nitrogens with zero attached hydrogens (tertiary/aromatic N) is 4. The maximum Gasteiger partial charge on any atom is 0.266 e. The van der Waals surface area contributed by atoms with Gasteiger partial charge in [0.2, 0.25) is 0 Å². The molecular weight excluding hydrogens is 328 g/mol. The van der Waals surface area contributed by atoms with Crippen molar-refractivity contribution in [1.82, 2.24) is 14.7 Å². The molecule has 6 nitrogen and oxygen atoms in total. The van der Waals surface area contributed by atoms with Crippen molar-refractivity contribution in [3.63, 3.8) is 0 Å². The number of carbonyl (C=O) groups is 1. The lowest BCUT2D eigenvalue weighted by Gasteiger charge is -2.34. The number of β-amino-alcohol motifs (C(OH)–C–C–N with tert-alkyl or cyclic N) is 1. The third-order valence-corrected chi connectivity index (χ3v) is 4.57. The summed E-state index contributed by atoms with van der Waals surface area (Å²) in [6.45, 7) is 8.37. The monoisotopic (exact) mass is 356 g/mol. The molecule has 1 aromatic carbocycles. The lowest BCUT2D eigenvalue weighted by atomic mass is 10.1. The molecule has 2 rings (SSSR count). The molecule has 140 valence electrons. The van der Waals surface area contributed by atoms with E-state index in [0.717, 1.165) is 31.7 Å². The van der Waals surface area contributed by atoms with Crippen molar-refractivity contribution in [3.8, 4) is 6.07 Å². The minimum atomic E-state index is -0.232. The third-order valence-electron chi connectivity index (χ3n) is 4.57. The van der Waals surface area contributed by atoms with Gasteiger partial charge >= 0.3 is 0 Å². The molecule has 1 fully saturated rings. The van der Waals surface area contributed by atoms with Crippen molar-refractivity contribution in [2.24, 2.45) is 0 Å². The van der Waals surface area contributed by atoms with Crippen molar-refractivity contribution >= 4 is 5.91 Å². The fraction of sp³-hybridized carbons (Fsp3) is 0.500. The highest BCUT2D eigenvalue weighted by Crippen LogP contribution is 2.13. The number of amides is 1. The number of aliphatic hydroxyl groups is 1. The van der Waals surface area contributed by atoms with Crippen LogP contribution in [0, 0.1) is 11.3 Å². The predicted molar refractivity (Wildman–Crippen MR) is 101 cm³/mol. The van der Waals surface area contributed by atoms with Gasteiger partial charge in [0, 0.05) is 51.5 Å². The van der Waals surface area contributed by atoms with Crippen LogP contribution in [0.25, 0.3) is 0 Å². The summed E-state index contributed by atoms with van der Waals surface area (Å²) in [6, 6.07) is 11.9. The molecule has 0 unspecified atom stereocenters. The van der Waals surface area contributed by atoms with E-state index in [4.69, 9.17) is 5.11 Å². The highest BCUT2D eigenvalue weighted by atomic mass is 16.3. The largest absolute Gasteiger partial charge is 0.395 e. The fourth-order valence-corrected chi connectivity index (χ4v) is 3.00. The maximum atomic E-state index is 12.9. The van der Waals surface area contributed by atoms with Crippen LogP contribution >= 0.6 is 0 Å². The van der Waals surface area contributed by atoms with Crippen molar-refractivity contribution in [3.05, 3.63) is 47.7 Å². The minimum Gasteiger partial charge on any atom is -0.395 e. The van der Waals surface area contributed by atoms with E-state index in [1.54, 1.807) is 11.1 Å². The Kier molecular flexibility index (Phi) is 7.64. The topological polar surface area (TPSA) is 70.8 Å². The Hall–Kier alpha value is -2.36. The number of rotatable bonds is 7. The van der Waals surface area contributed by atoms with Crippen molar-refractivity contribution < 1.29 is 9.90 Å². The number of carbonyl (C=O) groups excluding carboxylic acids is 1. The standard InChI is InChI=1S/C20H28N4O2/c1-17(2)24(15-18-6-4-3-5-7-18)20(26)19(14-21)16-23-10-8-22(9-11-23)12-13-25/h3-7,16-17,25H,8-13,15H2,1-2H3/b19-16-. The SMILES string of the molecule is CC(C)N(Cc1ccccc1)C(=O)/C(C#N)=C\N1CCN(CCO)CC1. The quantitative estimate of drug-likeness (QED) is 0.591. The van der Waals surface area contributed by atoms with Crippen LogP contribution in [-0.2, 0) is 11.3 Å². The number of piperazine rings is 1. The Bertz CT molecular complexity index is 644. The first-order valence-corrected chi connectivity index (χ1v) is 9.09.